The molecule has 0 bridgehead atoms. The first-order valence-corrected chi connectivity index (χ1v) is 9.10. The number of carbonyl (C=O) groups is 1. The molecule has 0 spiro atoms. The average molecular weight is 373 g/mol. The van der Waals surface area contributed by atoms with Crippen LogP contribution in [0.15, 0.2) is 52.7 Å². The fourth-order valence-corrected chi connectivity index (χ4v) is 3.26. The molecular weight excluding hydrogens is 350 g/mol. The van der Waals surface area contributed by atoms with E-state index in [1.54, 1.807) is 24.5 Å². The Hall–Kier alpha value is -3.52. The van der Waals surface area contributed by atoms with Gasteiger partial charge in [0.2, 0.25) is 0 Å². The number of aryl methyl sites for hydroxylation is 2. The summed E-state index contributed by atoms with van der Waals surface area (Å²) in [6, 6.07) is 13.7. The lowest BCUT2D eigenvalue weighted by Crippen LogP contribution is -2.23. The Balaban J connectivity index is 1.91. The Morgan fingerprint density at radius 1 is 1.21 bits per heavy atom. The summed E-state index contributed by atoms with van der Waals surface area (Å²) in [5, 5.41) is 12.2. The minimum absolute atomic E-state index is 0.0628. The van der Waals surface area contributed by atoms with Crippen molar-refractivity contribution in [1.82, 2.24) is 9.88 Å². The van der Waals surface area contributed by atoms with E-state index in [1.165, 1.54) is 11.1 Å². The molecule has 0 saturated heterocycles. The Labute approximate surface area is 164 Å². The van der Waals surface area contributed by atoms with E-state index in [0.29, 0.717) is 5.76 Å². The molecule has 1 amide bonds. The zero-order valence-electron chi connectivity index (χ0n) is 16.5. The van der Waals surface area contributed by atoms with Crippen molar-refractivity contribution in [2.45, 2.75) is 34.2 Å². The van der Waals surface area contributed by atoms with Gasteiger partial charge in [0.1, 0.15) is 17.4 Å². The van der Waals surface area contributed by atoms with Crippen LogP contribution in [0.5, 0.6) is 0 Å². The smallest absolute Gasteiger partial charge is 0.262 e. The van der Waals surface area contributed by atoms with E-state index in [-0.39, 0.29) is 12.1 Å². The lowest BCUT2D eigenvalue weighted by atomic mass is 10.1. The summed E-state index contributed by atoms with van der Waals surface area (Å²) in [6.07, 6.45) is 3.19. The minimum atomic E-state index is -0.421. The molecule has 2 aromatic heterocycles. The number of hydrogen-bond donors (Lipinski definition) is 1. The van der Waals surface area contributed by atoms with Crippen LogP contribution in [0, 0.1) is 39.0 Å². The van der Waals surface area contributed by atoms with Gasteiger partial charge in [0.05, 0.1) is 12.8 Å². The van der Waals surface area contributed by atoms with Crippen LogP contribution in [0.25, 0.3) is 11.8 Å². The predicted molar refractivity (Wildman–Crippen MR) is 109 cm³/mol. The number of benzene rings is 1. The van der Waals surface area contributed by atoms with Crippen LogP contribution in [-0.4, -0.2) is 10.5 Å². The molecule has 3 rings (SSSR count). The van der Waals surface area contributed by atoms with E-state index in [0.717, 1.165) is 22.6 Å². The van der Waals surface area contributed by atoms with Crippen molar-refractivity contribution in [3.63, 3.8) is 0 Å². The number of carbonyl (C=O) groups excluding carboxylic acids is 1. The summed E-state index contributed by atoms with van der Waals surface area (Å²) < 4.78 is 7.36. The molecule has 0 aliphatic heterocycles. The van der Waals surface area contributed by atoms with Gasteiger partial charge in [0, 0.05) is 17.1 Å². The summed E-state index contributed by atoms with van der Waals surface area (Å²) in [5.41, 5.74) is 6.48. The summed E-state index contributed by atoms with van der Waals surface area (Å²) in [4.78, 5) is 12.4. The van der Waals surface area contributed by atoms with Crippen LogP contribution >= 0.6 is 0 Å². The van der Waals surface area contributed by atoms with Crippen LogP contribution in [0.1, 0.15) is 33.8 Å². The molecule has 0 saturated carbocycles. The largest absolute Gasteiger partial charge is 0.467 e. The van der Waals surface area contributed by atoms with Crippen LogP contribution in [0.3, 0.4) is 0 Å². The fourth-order valence-electron chi connectivity index (χ4n) is 3.26. The third kappa shape index (κ3) is 3.77. The van der Waals surface area contributed by atoms with Gasteiger partial charge in [0.15, 0.2) is 0 Å². The van der Waals surface area contributed by atoms with E-state index in [1.807, 2.05) is 32.0 Å². The predicted octanol–water partition coefficient (Wildman–Crippen LogP) is 4.53. The molecule has 0 radical (unpaired) electrons. The number of hydrogen-bond acceptors (Lipinski definition) is 3. The quantitative estimate of drug-likeness (QED) is 0.528. The zero-order chi connectivity index (χ0) is 20.3. The summed E-state index contributed by atoms with van der Waals surface area (Å²) >= 11 is 0. The van der Waals surface area contributed by atoms with Gasteiger partial charge in [-0.05, 0) is 74.7 Å². The van der Waals surface area contributed by atoms with Crippen molar-refractivity contribution in [3.8, 4) is 11.8 Å². The Bertz CT molecular complexity index is 1080. The maximum absolute atomic E-state index is 12.4. The maximum atomic E-state index is 12.4. The molecule has 0 atom stereocenters. The van der Waals surface area contributed by atoms with Gasteiger partial charge in [-0.1, -0.05) is 12.1 Å². The van der Waals surface area contributed by atoms with Crippen LogP contribution in [0.2, 0.25) is 0 Å². The van der Waals surface area contributed by atoms with E-state index in [2.05, 4.69) is 35.9 Å². The number of rotatable bonds is 5. The van der Waals surface area contributed by atoms with E-state index >= 15 is 0 Å². The lowest BCUT2D eigenvalue weighted by molar-refractivity contribution is -0.117. The molecule has 142 valence electrons. The summed E-state index contributed by atoms with van der Waals surface area (Å²) in [6.45, 7) is 8.45. The first-order valence-electron chi connectivity index (χ1n) is 9.10. The number of furan rings is 1. The van der Waals surface area contributed by atoms with Crippen molar-refractivity contribution in [1.29, 1.82) is 5.26 Å². The van der Waals surface area contributed by atoms with Crippen molar-refractivity contribution in [2.75, 3.05) is 0 Å². The minimum Gasteiger partial charge on any atom is -0.467 e. The summed E-state index contributed by atoms with van der Waals surface area (Å²) in [5.74, 6) is 0.217. The molecule has 2 heterocycles. The van der Waals surface area contributed by atoms with Gasteiger partial charge in [-0.25, -0.2) is 0 Å². The number of aromatic nitrogens is 1. The maximum Gasteiger partial charge on any atom is 0.262 e. The lowest BCUT2D eigenvalue weighted by Gasteiger charge is -2.14. The molecule has 1 aromatic carbocycles. The number of nitrogens with one attached hydrogen (secondary N) is 1. The van der Waals surface area contributed by atoms with Gasteiger partial charge in [0.25, 0.3) is 5.91 Å². The van der Waals surface area contributed by atoms with E-state index in [4.69, 9.17) is 4.42 Å². The van der Waals surface area contributed by atoms with Crippen molar-refractivity contribution in [3.05, 3.63) is 82.1 Å². The van der Waals surface area contributed by atoms with Gasteiger partial charge < -0.3 is 14.3 Å². The molecule has 28 heavy (non-hydrogen) atoms. The van der Waals surface area contributed by atoms with Crippen molar-refractivity contribution < 1.29 is 9.21 Å². The first kappa shape index (κ1) is 19.2. The highest BCUT2D eigenvalue weighted by Crippen LogP contribution is 2.26. The summed E-state index contributed by atoms with van der Waals surface area (Å²) in [7, 11) is 0. The fraction of sp³-hybridized carbons (Fsp3) is 0.217. The Kier molecular flexibility index (Phi) is 5.51. The molecule has 1 N–H and O–H groups in total. The number of amides is 1. The van der Waals surface area contributed by atoms with Gasteiger partial charge in [-0.15, -0.1) is 0 Å². The van der Waals surface area contributed by atoms with Crippen molar-refractivity contribution in [2.24, 2.45) is 0 Å². The van der Waals surface area contributed by atoms with E-state index in [9.17, 15) is 10.1 Å². The number of nitriles is 1. The SMILES string of the molecule is Cc1cccc(-n2c(C)cc(C=C(C#N)C(=O)NCc3ccco3)c2C)c1C. The molecule has 3 aromatic rings. The van der Waals surface area contributed by atoms with Gasteiger partial charge in [-0.2, -0.15) is 5.26 Å². The van der Waals surface area contributed by atoms with Crippen LogP contribution in [-0.2, 0) is 11.3 Å². The second kappa shape index (κ2) is 8.01. The van der Waals surface area contributed by atoms with Crippen LogP contribution < -0.4 is 5.32 Å². The first-order chi connectivity index (χ1) is 13.4. The molecular formula is C23H23N3O2. The zero-order valence-corrected chi connectivity index (χ0v) is 16.5. The normalized spacial score (nSPS) is 11.3. The average Bonchev–Trinajstić information content (AvgIpc) is 3.28. The highest BCUT2D eigenvalue weighted by molar-refractivity contribution is 6.01. The Morgan fingerprint density at radius 3 is 2.68 bits per heavy atom. The third-order valence-corrected chi connectivity index (χ3v) is 4.96. The molecule has 0 aliphatic carbocycles. The molecule has 0 fully saturated rings. The second-order valence-electron chi connectivity index (χ2n) is 6.81. The van der Waals surface area contributed by atoms with Crippen LogP contribution in [0.4, 0.5) is 0 Å². The van der Waals surface area contributed by atoms with Crippen molar-refractivity contribution >= 4 is 12.0 Å². The molecule has 5 heteroatoms. The number of nitrogens with zero attached hydrogens (tertiary/aromatic N) is 2. The Morgan fingerprint density at radius 2 is 2.00 bits per heavy atom. The third-order valence-electron chi connectivity index (χ3n) is 4.96. The highest BCUT2D eigenvalue weighted by Gasteiger charge is 2.15. The van der Waals surface area contributed by atoms with Gasteiger partial charge >= 0.3 is 0 Å². The van der Waals surface area contributed by atoms with Gasteiger partial charge in [-0.3, -0.25) is 4.79 Å². The molecule has 0 unspecified atom stereocenters. The molecule has 5 nitrogen and oxygen atoms in total. The highest BCUT2D eigenvalue weighted by atomic mass is 16.3. The second-order valence-corrected chi connectivity index (χ2v) is 6.81. The topological polar surface area (TPSA) is 71.0 Å². The van der Waals surface area contributed by atoms with E-state index < -0.39 is 5.91 Å². The standard InChI is InChI=1S/C23H23N3O2/c1-15-7-5-9-22(17(15)3)26-16(2)11-19(18(26)4)12-20(13-24)23(27)25-14-21-8-6-10-28-21/h5-12H,14H2,1-4H3,(H,25,27). The molecule has 0 aliphatic rings. The monoisotopic (exact) mass is 373 g/mol.